The summed E-state index contributed by atoms with van der Waals surface area (Å²) in [6, 6.07) is 6.46. The zero-order chi connectivity index (χ0) is 17.7. The van der Waals surface area contributed by atoms with Crippen LogP contribution in [0, 0.1) is 21.4 Å². The van der Waals surface area contributed by atoms with E-state index in [9.17, 15) is 10.1 Å². The van der Waals surface area contributed by atoms with Crippen molar-refractivity contribution < 1.29 is 14.4 Å². The van der Waals surface area contributed by atoms with Crippen LogP contribution in [0.25, 0.3) is 0 Å². The van der Waals surface area contributed by atoms with Crippen LogP contribution >= 0.6 is 23.4 Å². The van der Waals surface area contributed by atoms with Crippen LogP contribution in [-0.2, 0) is 0 Å². The van der Waals surface area contributed by atoms with Gasteiger partial charge in [0, 0.05) is 6.07 Å². The van der Waals surface area contributed by atoms with Crippen molar-refractivity contribution >= 4 is 29.1 Å². The lowest BCUT2D eigenvalue weighted by atomic mass is 10.2. The van der Waals surface area contributed by atoms with Gasteiger partial charge in [-0.15, -0.1) is 0 Å². The predicted octanol–water partition coefficient (Wildman–Crippen LogP) is 3.82. The Kier molecular flexibility index (Phi) is 5.78. The molecule has 0 atom stereocenters. The number of hydrogen-bond acceptors (Lipinski definition) is 8. The van der Waals surface area contributed by atoms with Gasteiger partial charge in [0.25, 0.3) is 0 Å². The molecule has 0 N–H and O–H groups in total. The molecule has 24 heavy (non-hydrogen) atoms. The van der Waals surface area contributed by atoms with E-state index in [0.717, 1.165) is 11.8 Å². The zero-order valence-corrected chi connectivity index (χ0v) is 14.2. The van der Waals surface area contributed by atoms with Crippen molar-refractivity contribution in [2.45, 2.75) is 12.1 Å². The van der Waals surface area contributed by atoms with E-state index in [1.54, 1.807) is 25.3 Å². The van der Waals surface area contributed by atoms with Crippen molar-refractivity contribution in [1.29, 1.82) is 5.26 Å². The minimum atomic E-state index is -0.726. The highest BCUT2D eigenvalue weighted by Crippen LogP contribution is 2.39. The highest BCUT2D eigenvalue weighted by atomic mass is 35.5. The Labute approximate surface area is 146 Å². The average molecular weight is 367 g/mol. The van der Waals surface area contributed by atoms with Crippen LogP contribution in [0.15, 0.2) is 23.4 Å². The fourth-order valence-electron chi connectivity index (χ4n) is 1.74. The van der Waals surface area contributed by atoms with E-state index in [1.807, 2.05) is 6.07 Å². The first kappa shape index (κ1) is 17.8. The molecule has 0 saturated heterocycles. The largest absolute Gasteiger partial charge is 0.490 e. The van der Waals surface area contributed by atoms with Gasteiger partial charge in [-0.1, -0.05) is 23.4 Å². The summed E-state index contributed by atoms with van der Waals surface area (Å²) in [5, 5.41) is 20.1. The second kappa shape index (κ2) is 7.81. The van der Waals surface area contributed by atoms with Gasteiger partial charge < -0.3 is 9.47 Å². The third kappa shape index (κ3) is 3.84. The number of benzene rings is 1. The maximum Gasteiger partial charge on any atom is 0.368 e. The third-order valence-electron chi connectivity index (χ3n) is 2.73. The number of thioether (sulfide) groups is 1. The molecule has 0 radical (unpaired) electrons. The monoisotopic (exact) mass is 366 g/mol. The van der Waals surface area contributed by atoms with E-state index in [2.05, 4.69) is 9.97 Å². The summed E-state index contributed by atoms with van der Waals surface area (Å²) >= 11 is 7.02. The van der Waals surface area contributed by atoms with Crippen molar-refractivity contribution in [3.8, 4) is 23.4 Å². The SMILES string of the molecule is CCOc1ccc(C#N)cc1Oc1nc(SC)nc(Cl)c1[N+](=O)[O-]. The Balaban J connectivity index is 2.56. The molecule has 0 unspecified atom stereocenters. The smallest absolute Gasteiger partial charge is 0.368 e. The van der Waals surface area contributed by atoms with Crippen LogP contribution in [0.1, 0.15) is 12.5 Å². The van der Waals surface area contributed by atoms with E-state index in [-0.39, 0.29) is 21.9 Å². The van der Waals surface area contributed by atoms with Gasteiger partial charge >= 0.3 is 11.6 Å². The van der Waals surface area contributed by atoms with Gasteiger partial charge in [-0.25, -0.2) is 4.98 Å². The van der Waals surface area contributed by atoms with E-state index >= 15 is 0 Å². The molecule has 1 heterocycles. The molecule has 124 valence electrons. The molecule has 0 fully saturated rings. The predicted molar refractivity (Wildman–Crippen MR) is 87.9 cm³/mol. The lowest BCUT2D eigenvalue weighted by Crippen LogP contribution is -2.02. The van der Waals surface area contributed by atoms with Crippen LogP contribution in [0.5, 0.6) is 17.4 Å². The molecule has 0 spiro atoms. The number of rotatable bonds is 6. The molecule has 2 aromatic rings. The number of ether oxygens (including phenoxy) is 2. The Morgan fingerprint density at radius 1 is 1.42 bits per heavy atom. The number of halogens is 1. The standard InChI is InChI=1S/C14H11ClN4O4S/c1-3-22-9-5-4-8(7-16)6-10(9)23-13-11(19(20)21)12(15)17-14(18-13)24-2/h4-6H,3H2,1-2H3. The molecule has 0 aliphatic rings. The molecule has 1 aromatic heterocycles. The third-order valence-corrected chi connectivity index (χ3v) is 3.54. The first-order valence-corrected chi connectivity index (χ1v) is 8.21. The first-order valence-electron chi connectivity index (χ1n) is 6.60. The van der Waals surface area contributed by atoms with Gasteiger partial charge in [-0.2, -0.15) is 10.2 Å². The highest BCUT2D eigenvalue weighted by molar-refractivity contribution is 7.98. The van der Waals surface area contributed by atoms with Crippen molar-refractivity contribution in [3.05, 3.63) is 39.0 Å². The van der Waals surface area contributed by atoms with Crippen LogP contribution in [0.3, 0.4) is 0 Å². The summed E-state index contributed by atoms with van der Waals surface area (Å²) in [6.45, 7) is 2.13. The fraction of sp³-hybridized carbons (Fsp3) is 0.214. The highest BCUT2D eigenvalue weighted by Gasteiger charge is 2.26. The number of nitrogens with zero attached hydrogens (tertiary/aromatic N) is 4. The Morgan fingerprint density at radius 3 is 2.75 bits per heavy atom. The summed E-state index contributed by atoms with van der Waals surface area (Å²) < 4.78 is 11.0. The normalized spacial score (nSPS) is 10.1. The fourth-order valence-corrected chi connectivity index (χ4v) is 2.38. The van der Waals surface area contributed by atoms with E-state index in [0.29, 0.717) is 17.9 Å². The quantitative estimate of drug-likeness (QED) is 0.249. The van der Waals surface area contributed by atoms with Gasteiger partial charge in [0.15, 0.2) is 16.7 Å². The van der Waals surface area contributed by atoms with Gasteiger partial charge in [0.05, 0.1) is 23.2 Å². The van der Waals surface area contributed by atoms with E-state index in [4.69, 9.17) is 26.3 Å². The summed E-state index contributed by atoms with van der Waals surface area (Å²) in [5.74, 6) is 0.132. The second-order valence-electron chi connectivity index (χ2n) is 4.22. The minimum Gasteiger partial charge on any atom is -0.490 e. The molecule has 8 nitrogen and oxygen atoms in total. The number of hydrogen-bond donors (Lipinski definition) is 0. The minimum absolute atomic E-state index is 0.126. The van der Waals surface area contributed by atoms with Gasteiger partial charge in [-0.3, -0.25) is 10.1 Å². The number of nitriles is 1. The summed E-state index contributed by atoms with van der Waals surface area (Å²) in [6.07, 6.45) is 1.70. The molecular weight excluding hydrogens is 356 g/mol. The lowest BCUT2D eigenvalue weighted by molar-refractivity contribution is -0.386. The van der Waals surface area contributed by atoms with E-state index < -0.39 is 10.6 Å². The maximum absolute atomic E-state index is 11.2. The number of aromatic nitrogens is 2. The van der Waals surface area contributed by atoms with Gasteiger partial charge in [-0.05, 0) is 25.3 Å². The summed E-state index contributed by atoms with van der Waals surface area (Å²) in [7, 11) is 0. The average Bonchev–Trinajstić information content (AvgIpc) is 2.55. The second-order valence-corrected chi connectivity index (χ2v) is 5.35. The maximum atomic E-state index is 11.2. The van der Waals surface area contributed by atoms with Gasteiger partial charge in [0.1, 0.15) is 0 Å². The molecule has 10 heteroatoms. The van der Waals surface area contributed by atoms with Crippen molar-refractivity contribution in [2.24, 2.45) is 0 Å². The Hall–Kier alpha value is -2.57. The molecule has 0 bridgehead atoms. The molecule has 0 amide bonds. The lowest BCUT2D eigenvalue weighted by Gasteiger charge is -2.12. The first-order chi connectivity index (χ1) is 11.5. The molecule has 2 rings (SSSR count). The summed E-state index contributed by atoms with van der Waals surface area (Å²) in [4.78, 5) is 18.3. The Bertz CT molecular complexity index is 825. The van der Waals surface area contributed by atoms with E-state index in [1.165, 1.54) is 6.07 Å². The van der Waals surface area contributed by atoms with Crippen molar-refractivity contribution in [3.63, 3.8) is 0 Å². The van der Waals surface area contributed by atoms with Crippen LogP contribution in [-0.4, -0.2) is 27.8 Å². The van der Waals surface area contributed by atoms with Crippen LogP contribution in [0.2, 0.25) is 5.15 Å². The van der Waals surface area contributed by atoms with Crippen molar-refractivity contribution in [2.75, 3.05) is 12.9 Å². The topological polar surface area (TPSA) is 111 Å². The zero-order valence-electron chi connectivity index (χ0n) is 12.6. The summed E-state index contributed by atoms with van der Waals surface area (Å²) in [5.41, 5.74) is -0.249. The van der Waals surface area contributed by atoms with Crippen LogP contribution in [0.4, 0.5) is 5.69 Å². The van der Waals surface area contributed by atoms with Crippen molar-refractivity contribution in [1.82, 2.24) is 9.97 Å². The molecule has 1 aromatic carbocycles. The Morgan fingerprint density at radius 2 is 2.17 bits per heavy atom. The van der Waals surface area contributed by atoms with Crippen LogP contribution < -0.4 is 9.47 Å². The molecule has 0 saturated carbocycles. The number of nitro groups is 1. The van der Waals surface area contributed by atoms with Gasteiger partial charge in [0.2, 0.25) is 5.15 Å². The molecule has 0 aliphatic carbocycles. The molecule has 0 aliphatic heterocycles. The molecular formula is C14H11ClN4O4S.